The van der Waals surface area contributed by atoms with Gasteiger partial charge in [0.25, 0.3) is 5.91 Å². The van der Waals surface area contributed by atoms with E-state index in [1.165, 1.54) is 11.8 Å². The topological polar surface area (TPSA) is 65.4 Å². The summed E-state index contributed by atoms with van der Waals surface area (Å²) in [7, 11) is 0. The van der Waals surface area contributed by atoms with E-state index < -0.39 is 0 Å². The van der Waals surface area contributed by atoms with E-state index in [9.17, 15) is 4.79 Å². The first-order chi connectivity index (χ1) is 8.75. The minimum Gasteiger partial charge on any atom is -0.374 e. The number of carbonyl (C=O) groups is 1. The quantitative estimate of drug-likeness (QED) is 0.746. The molecule has 3 aliphatic heterocycles. The molecule has 1 amide bonds. The SMILES string of the molecule is N=C1S/C(=C/C2CCCO2)C(=O)N1C1NCCS1. The van der Waals surface area contributed by atoms with Crippen molar-refractivity contribution in [3.8, 4) is 0 Å². The van der Waals surface area contributed by atoms with Gasteiger partial charge < -0.3 is 4.74 Å². The third-order valence-electron chi connectivity index (χ3n) is 3.09. The van der Waals surface area contributed by atoms with Crippen molar-refractivity contribution >= 4 is 34.6 Å². The molecule has 0 saturated carbocycles. The maximum Gasteiger partial charge on any atom is 0.268 e. The van der Waals surface area contributed by atoms with Crippen LogP contribution in [0.5, 0.6) is 0 Å². The van der Waals surface area contributed by atoms with Crippen molar-refractivity contribution in [1.82, 2.24) is 10.2 Å². The van der Waals surface area contributed by atoms with Gasteiger partial charge in [-0.25, -0.2) is 0 Å². The number of ether oxygens (including phenoxy) is 1. The van der Waals surface area contributed by atoms with Crippen molar-refractivity contribution in [2.75, 3.05) is 18.9 Å². The van der Waals surface area contributed by atoms with E-state index in [-0.39, 0.29) is 17.5 Å². The van der Waals surface area contributed by atoms with Crippen LogP contribution in [-0.4, -0.2) is 46.5 Å². The Morgan fingerprint density at radius 3 is 3.11 bits per heavy atom. The van der Waals surface area contributed by atoms with Gasteiger partial charge >= 0.3 is 0 Å². The van der Waals surface area contributed by atoms with Crippen LogP contribution in [0.25, 0.3) is 0 Å². The average molecular weight is 285 g/mol. The number of hydrogen-bond acceptors (Lipinski definition) is 6. The molecule has 2 atom stereocenters. The first kappa shape index (κ1) is 12.5. The number of amides is 1. The number of carbonyl (C=O) groups excluding carboxylic acids is 1. The zero-order valence-corrected chi connectivity index (χ0v) is 11.5. The number of rotatable bonds is 2. The van der Waals surface area contributed by atoms with Gasteiger partial charge in [0.15, 0.2) is 5.17 Å². The van der Waals surface area contributed by atoms with Gasteiger partial charge in [-0.05, 0) is 30.7 Å². The van der Waals surface area contributed by atoms with Crippen LogP contribution in [0.3, 0.4) is 0 Å². The second-order valence-electron chi connectivity index (χ2n) is 4.34. The van der Waals surface area contributed by atoms with Crippen molar-refractivity contribution < 1.29 is 9.53 Å². The maximum atomic E-state index is 12.3. The fraction of sp³-hybridized carbons (Fsp3) is 0.636. The van der Waals surface area contributed by atoms with Crippen LogP contribution in [0, 0.1) is 5.41 Å². The predicted octanol–water partition coefficient (Wildman–Crippen LogP) is 1.18. The lowest BCUT2D eigenvalue weighted by Gasteiger charge is -2.21. The summed E-state index contributed by atoms with van der Waals surface area (Å²) in [5.41, 5.74) is -0.0760. The van der Waals surface area contributed by atoms with E-state index in [2.05, 4.69) is 5.32 Å². The van der Waals surface area contributed by atoms with Gasteiger partial charge in [-0.2, -0.15) is 0 Å². The summed E-state index contributed by atoms with van der Waals surface area (Å²) < 4.78 is 5.51. The molecule has 0 aliphatic carbocycles. The van der Waals surface area contributed by atoms with Crippen LogP contribution in [0.4, 0.5) is 0 Å². The standard InChI is InChI=1S/C11H15N3O2S2/c12-10-14(11-13-3-5-17-11)9(15)8(18-10)6-7-2-1-4-16-7/h6-7,11-13H,1-5H2/b8-6+,12-10?. The summed E-state index contributed by atoms with van der Waals surface area (Å²) in [6, 6.07) is 0. The Morgan fingerprint density at radius 1 is 1.56 bits per heavy atom. The first-order valence-corrected chi connectivity index (χ1v) is 7.90. The van der Waals surface area contributed by atoms with Crippen LogP contribution < -0.4 is 5.32 Å². The third-order valence-corrected chi connectivity index (χ3v) is 5.14. The lowest BCUT2D eigenvalue weighted by atomic mass is 10.2. The lowest BCUT2D eigenvalue weighted by Crippen LogP contribution is -2.43. The fourth-order valence-electron chi connectivity index (χ4n) is 2.21. The number of nitrogens with one attached hydrogen (secondary N) is 2. The van der Waals surface area contributed by atoms with Crippen LogP contribution >= 0.6 is 23.5 Å². The number of thioether (sulfide) groups is 2. The summed E-state index contributed by atoms with van der Waals surface area (Å²) in [4.78, 5) is 14.5. The van der Waals surface area contributed by atoms with Gasteiger partial charge in [0.2, 0.25) is 0 Å². The summed E-state index contributed by atoms with van der Waals surface area (Å²) in [6.07, 6.45) is 3.96. The van der Waals surface area contributed by atoms with E-state index >= 15 is 0 Å². The highest BCUT2D eigenvalue weighted by Gasteiger charge is 2.39. The first-order valence-electron chi connectivity index (χ1n) is 6.04. The van der Waals surface area contributed by atoms with E-state index in [0.717, 1.165) is 31.7 Å². The van der Waals surface area contributed by atoms with Gasteiger partial charge in [0.05, 0.1) is 11.0 Å². The molecule has 2 N–H and O–H groups in total. The number of hydrogen-bond donors (Lipinski definition) is 2. The average Bonchev–Trinajstić information content (AvgIpc) is 3.03. The Balaban J connectivity index is 1.74. The molecule has 3 rings (SSSR count). The summed E-state index contributed by atoms with van der Waals surface area (Å²) >= 11 is 2.92. The molecular weight excluding hydrogens is 270 g/mol. The zero-order valence-electron chi connectivity index (χ0n) is 9.85. The normalized spacial score (nSPS) is 35.1. The summed E-state index contributed by atoms with van der Waals surface area (Å²) in [5, 5.41) is 11.5. The summed E-state index contributed by atoms with van der Waals surface area (Å²) in [6.45, 7) is 1.66. The van der Waals surface area contributed by atoms with Gasteiger partial charge in [-0.3, -0.25) is 20.4 Å². The molecule has 0 spiro atoms. The molecule has 0 aromatic rings. The predicted molar refractivity (Wildman–Crippen MR) is 73.5 cm³/mol. The molecule has 18 heavy (non-hydrogen) atoms. The largest absolute Gasteiger partial charge is 0.374 e. The van der Waals surface area contributed by atoms with Crippen LogP contribution in [0.15, 0.2) is 11.0 Å². The molecule has 0 aromatic heterocycles. The highest BCUT2D eigenvalue weighted by atomic mass is 32.2. The molecule has 7 heteroatoms. The van der Waals surface area contributed by atoms with E-state index in [0.29, 0.717) is 10.1 Å². The van der Waals surface area contributed by atoms with Crippen molar-refractivity contribution in [2.45, 2.75) is 24.4 Å². The molecule has 3 saturated heterocycles. The van der Waals surface area contributed by atoms with Gasteiger partial charge in [-0.1, -0.05) is 0 Å². The monoisotopic (exact) mass is 285 g/mol. The minimum atomic E-state index is -0.0760. The lowest BCUT2D eigenvalue weighted by molar-refractivity contribution is -0.123. The molecule has 0 radical (unpaired) electrons. The molecule has 0 bridgehead atoms. The summed E-state index contributed by atoms with van der Waals surface area (Å²) in [5.74, 6) is 0.921. The van der Waals surface area contributed by atoms with Crippen molar-refractivity contribution in [3.63, 3.8) is 0 Å². The Labute approximate surface area is 114 Å². The molecule has 3 fully saturated rings. The Bertz CT molecular complexity index is 401. The zero-order chi connectivity index (χ0) is 12.5. The second-order valence-corrected chi connectivity index (χ2v) is 6.56. The molecular formula is C11H15N3O2S2. The van der Waals surface area contributed by atoms with Gasteiger partial charge in [0.1, 0.15) is 5.50 Å². The van der Waals surface area contributed by atoms with Crippen molar-refractivity contribution in [1.29, 1.82) is 5.41 Å². The Hall–Kier alpha value is -0.500. The fourth-order valence-corrected chi connectivity index (χ4v) is 4.22. The Kier molecular flexibility index (Phi) is 3.65. The third kappa shape index (κ3) is 2.32. The molecule has 5 nitrogen and oxygen atoms in total. The molecule has 2 unspecified atom stereocenters. The van der Waals surface area contributed by atoms with Gasteiger partial charge in [0, 0.05) is 18.9 Å². The molecule has 0 aromatic carbocycles. The van der Waals surface area contributed by atoms with Crippen LogP contribution in [-0.2, 0) is 9.53 Å². The van der Waals surface area contributed by atoms with E-state index in [1.807, 2.05) is 6.08 Å². The Morgan fingerprint density at radius 2 is 2.44 bits per heavy atom. The van der Waals surface area contributed by atoms with Crippen molar-refractivity contribution in [2.24, 2.45) is 0 Å². The van der Waals surface area contributed by atoms with Crippen LogP contribution in [0.2, 0.25) is 0 Å². The highest BCUT2D eigenvalue weighted by Crippen LogP contribution is 2.35. The van der Waals surface area contributed by atoms with Crippen molar-refractivity contribution in [3.05, 3.63) is 11.0 Å². The highest BCUT2D eigenvalue weighted by molar-refractivity contribution is 8.18. The smallest absolute Gasteiger partial charge is 0.268 e. The molecule has 3 heterocycles. The van der Waals surface area contributed by atoms with Gasteiger partial charge in [-0.15, -0.1) is 11.8 Å². The minimum absolute atomic E-state index is 0.0494. The number of nitrogens with zero attached hydrogens (tertiary/aromatic N) is 1. The molecule has 3 aliphatic rings. The van der Waals surface area contributed by atoms with E-state index in [4.69, 9.17) is 10.1 Å². The second kappa shape index (κ2) is 5.24. The van der Waals surface area contributed by atoms with E-state index in [1.54, 1.807) is 16.7 Å². The maximum absolute atomic E-state index is 12.3. The number of amidine groups is 1. The molecule has 98 valence electrons. The van der Waals surface area contributed by atoms with Crippen LogP contribution in [0.1, 0.15) is 12.8 Å².